The van der Waals surface area contributed by atoms with Crippen LogP contribution >= 0.6 is 0 Å². The number of ether oxygens (including phenoxy) is 4. The van der Waals surface area contributed by atoms with E-state index in [2.05, 4.69) is 4.74 Å². The molecule has 2 rings (SSSR count). The van der Waals surface area contributed by atoms with Crippen LogP contribution in [0.2, 0.25) is 0 Å². The molecule has 1 aromatic carbocycles. The van der Waals surface area contributed by atoms with Crippen LogP contribution in [0, 0.1) is 5.92 Å². The molecule has 0 radical (unpaired) electrons. The van der Waals surface area contributed by atoms with Crippen molar-refractivity contribution in [2.75, 3.05) is 20.8 Å². The number of hydrogen-bond donors (Lipinski definition) is 4. The van der Waals surface area contributed by atoms with Crippen LogP contribution in [0.15, 0.2) is 30.3 Å². The van der Waals surface area contributed by atoms with E-state index in [1.54, 1.807) is 30.3 Å². The molecule has 4 N–H and O–H groups in total. The summed E-state index contributed by atoms with van der Waals surface area (Å²) < 4.78 is 19.7. The van der Waals surface area contributed by atoms with E-state index < -0.39 is 54.5 Å². The highest BCUT2D eigenvalue weighted by molar-refractivity contribution is 5.79. The third-order valence-corrected chi connectivity index (χ3v) is 4.65. The largest absolute Gasteiger partial charge is 0.465 e. The lowest BCUT2D eigenvalue weighted by molar-refractivity contribution is -0.304. The molecule has 1 heterocycles. The fourth-order valence-corrected chi connectivity index (χ4v) is 3.15. The van der Waals surface area contributed by atoms with Gasteiger partial charge in [0.25, 0.3) is 5.79 Å². The fraction of sp³-hybridized carbons (Fsp3) is 0.579. The summed E-state index contributed by atoms with van der Waals surface area (Å²) in [6.45, 7) is -0.423. The molecule has 10 nitrogen and oxygen atoms in total. The number of rotatable bonds is 8. The molecule has 6 atom stereocenters. The monoisotopic (exact) mass is 414 g/mol. The average Bonchev–Trinajstić information content (AvgIpc) is 2.71. The topological polar surface area (TPSA) is 152 Å². The first-order valence-electron chi connectivity index (χ1n) is 8.95. The van der Waals surface area contributed by atoms with Crippen LogP contribution in [-0.4, -0.2) is 83.4 Å². The second kappa shape index (κ2) is 10.1. The Hall–Kier alpha value is -2.08. The van der Waals surface area contributed by atoms with Gasteiger partial charge in [0, 0.05) is 13.5 Å². The summed E-state index contributed by atoms with van der Waals surface area (Å²) in [6, 6.07) is 8.76. The number of carbonyl (C=O) groups excluding carboxylic acids is 2. The molecule has 0 amide bonds. The second-order valence-corrected chi connectivity index (χ2v) is 6.76. The molecule has 1 unspecified atom stereocenters. The van der Waals surface area contributed by atoms with Crippen molar-refractivity contribution in [2.45, 2.75) is 43.2 Å². The molecule has 0 aliphatic carbocycles. The first kappa shape index (κ1) is 23.2. The van der Waals surface area contributed by atoms with E-state index in [1.807, 2.05) is 0 Å². The van der Waals surface area contributed by atoms with Crippen molar-refractivity contribution < 1.29 is 49.0 Å². The van der Waals surface area contributed by atoms with Crippen molar-refractivity contribution in [3.8, 4) is 0 Å². The summed E-state index contributed by atoms with van der Waals surface area (Å²) in [7, 11) is 2.28. The van der Waals surface area contributed by atoms with E-state index in [0.29, 0.717) is 5.56 Å². The van der Waals surface area contributed by atoms with E-state index in [0.717, 1.165) is 7.11 Å². The van der Waals surface area contributed by atoms with Crippen LogP contribution in [-0.2, 0) is 35.1 Å². The number of methoxy groups -OCH3 is 2. The van der Waals surface area contributed by atoms with E-state index in [1.165, 1.54) is 7.11 Å². The quantitative estimate of drug-likeness (QED) is 0.379. The maximum Gasteiger partial charge on any atom is 0.366 e. The Kier molecular flexibility index (Phi) is 8.08. The molecular formula is C19H26O10. The molecule has 1 aliphatic heterocycles. The normalized spacial score (nSPS) is 29.0. The molecule has 10 heteroatoms. The van der Waals surface area contributed by atoms with Gasteiger partial charge in [-0.3, -0.25) is 4.79 Å². The van der Waals surface area contributed by atoms with Gasteiger partial charge in [-0.1, -0.05) is 30.3 Å². The van der Waals surface area contributed by atoms with Crippen molar-refractivity contribution in [1.82, 2.24) is 0 Å². The fourth-order valence-electron chi connectivity index (χ4n) is 3.15. The van der Waals surface area contributed by atoms with E-state index in [4.69, 9.17) is 14.2 Å². The predicted octanol–water partition coefficient (Wildman–Crippen LogP) is -1.27. The molecule has 1 aliphatic rings. The molecule has 1 fully saturated rings. The van der Waals surface area contributed by atoms with Crippen LogP contribution in [0.4, 0.5) is 0 Å². The Bertz CT molecular complexity index is 681. The lowest BCUT2D eigenvalue weighted by Gasteiger charge is -2.43. The van der Waals surface area contributed by atoms with Crippen LogP contribution in [0.25, 0.3) is 0 Å². The number of carbonyl (C=O) groups is 2. The Balaban J connectivity index is 2.23. The van der Waals surface area contributed by atoms with Gasteiger partial charge in [-0.05, 0) is 5.56 Å². The van der Waals surface area contributed by atoms with E-state index in [-0.39, 0.29) is 13.2 Å². The summed E-state index contributed by atoms with van der Waals surface area (Å²) >= 11 is 0. The summed E-state index contributed by atoms with van der Waals surface area (Å²) in [5, 5.41) is 41.4. The first-order chi connectivity index (χ1) is 13.7. The molecule has 29 heavy (non-hydrogen) atoms. The van der Waals surface area contributed by atoms with Gasteiger partial charge in [0.15, 0.2) is 0 Å². The molecule has 0 spiro atoms. The summed E-state index contributed by atoms with van der Waals surface area (Å²) in [4.78, 5) is 24.5. The Labute approximate surface area is 167 Å². The number of benzene rings is 1. The highest BCUT2D eigenvalue weighted by atomic mass is 16.7. The third-order valence-electron chi connectivity index (χ3n) is 4.65. The Morgan fingerprint density at radius 3 is 2.48 bits per heavy atom. The van der Waals surface area contributed by atoms with Crippen molar-refractivity contribution in [3.63, 3.8) is 0 Å². The van der Waals surface area contributed by atoms with Gasteiger partial charge in [0.1, 0.15) is 30.8 Å². The van der Waals surface area contributed by atoms with Gasteiger partial charge < -0.3 is 39.4 Å². The van der Waals surface area contributed by atoms with Crippen LogP contribution in [0.1, 0.15) is 12.0 Å². The number of aliphatic hydroxyl groups excluding tert-OH is 3. The molecule has 0 bridgehead atoms. The SMILES string of the molecule is COC[C@@H](O)[C@@H](O)[C@@H]1O[C@@](O)(C(=O)OC)C[C@H](O)C1C(=O)OCc1ccccc1. The zero-order valence-corrected chi connectivity index (χ0v) is 16.1. The van der Waals surface area contributed by atoms with Crippen LogP contribution in [0.5, 0.6) is 0 Å². The van der Waals surface area contributed by atoms with Crippen molar-refractivity contribution in [3.05, 3.63) is 35.9 Å². The minimum absolute atomic E-state index is 0.104. The maximum absolute atomic E-state index is 12.6. The second-order valence-electron chi connectivity index (χ2n) is 6.76. The standard InChI is InChI=1S/C19H26O10/c1-26-10-13(21)15(22)16-14(12(20)8-19(25,29-16)18(24)27-2)17(23)28-9-11-6-4-3-5-7-11/h3-7,12-16,20-22,25H,8-10H2,1-2H3/t12-,13+,14?,15+,16+,19+/m0/s1. The van der Waals surface area contributed by atoms with Gasteiger partial charge in [0.2, 0.25) is 0 Å². The van der Waals surface area contributed by atoms with E-state index in [9.17, 15) is 30.0 Å². The molecule has 0 saturated carbocycles. The molecule has 1 aromatic rings. The minimum atomic E-state index is -2.61. The first-order valence-corrected chi connectivity index (χ1v) is 8.95. The number of esters is 2. The van der Waals surface area contributed by atoms with Crippen LogP contribution < -0.4 is 0 Å². The minimum Gasteiger partial charge on any atom is -0.465 e. The van der Waals surface area contributed by atoms with Crippen molar-refractivity contribution in [1.29, 1.82) is 0 Å². The molecular weight excluding hydrogens is 388 g/mol. The highest BCUT2D eigenvalue weighted by Gasteiger charge is 2.56. The highest BCUT2D eigenvalue weighted by Crippen LogP contribution is 2.35. The number of aliphatic hydroxyl groups is 4. The molecule has 0 aromatic heterocycles. The zero-order valence-electron chi connectivity index (χ0n) is 16.1. The van der Waals surface area contributed by atoms with E-state index >= 15 is 0 Å². The van der Waals surface area contributed by atoms with Crippen molar-refractivity contribution >= 4 is 11.9 Å². The third kappa shape index (κ3) is 5.50. The Morgan fingerprint density at radius 1 is 1.24 bits per heavy atom. The van der Waals surface area contributed by atoms with Gasteiger partial charge in [-0.2, -0.15) is 0 Å². The molecule has 162 valence electrons. The average molecular weight is 414 g/mol. The summed E-state index contributed by atoms with van der Waals surface area (Å²) in [5.74, 6) is -6.24. The lowest BCUT2D eigenvalue weighted by atomic mass is 9.83. The van der Waals surface area contributed by atoms with Crippen LogP contribution in [0.3, 0.4) is 0 Å². The van der Waals surface area contributed by atoms with Gasteiger partial charge in [0.05, 0.1) is 19.8 Å². The maximum atomic E-state index is 12.6. The zero-order chi connectivity index (χ0) is 21.6. The molecule has 1 saturated heterocycles. The smallest absolute Gasteiger partial charge is 0.366 e. The van der Waals surface area contributed by atoms with Gasteiger partial charge in [-0.15, -0.1) is 0 Å². The van der Waals surface area contributed by atoms with Crippen molar-refractivity contribution in [2.24, 2.45) is 5.92 Å². The van der Waals surface area contributed by atoms with Gasteiger partial charge in [-0.25, -0.2) is 4.79 Å². The summed E-state index contributed by atoms with van der Waals surface area (Å²) in [6.07, 6.45) is -7.28. The summed E-state index contributed by atoms with van der Waals surface area (Å²) in [5.41, 5.74) is 0.689. The van der Waals surface area contributed by atoms with Gasteiger partial charge >= 0.3 is 11.9 Å². The number of hydrogen-bond acceptors (Lipinski definition) is 10. The predicted molar refractivity (Wildman–Crippen MR) is 96.1 cm³/mol. The Morgan fingerprint density at radius 2 is 1.90 bits per heavy atom. The lowest BCUT2D eigenvalue weighted by Crippen LogP contribution is -2.62.